The molecule has 0 atom stereocenters. The lowest BCUT2D eigenvalue weighted by Gasteiger charge is -2.01. The summed E-state index contributed by atoms with van der Waals surface area (Å²) in [7, 11) is 1.42. The second-order valence-electron chi connectivity index (χ2n) is 3.45. The summed E-state index contributed by atoms with van der Waals surface area (Å²) in [6.45, 7) is 2.18. The van der Waals surface area contributed by atoms with E-state index in [0.29, 0.717) is 5.17 Å². The summed E-state index contributed by atoms with van der Waals surface area (Å²) in [6, 6.07) is 7.89. The monoisotopic (exact) mass is 207 g/mol. The molecule has 0 saturated carbocycles. The van der Waals surface area contributed by atoms with Gasteiger partial charge in [0.2, 0.25) is 0 Å². The summed E-state index contributed by atoms with van der Waals surface area (Å²) in [4.78, 5) is 0. The van der Waals surface area contributed by atoms with E-state index in [1.807, 2.05) is 24.3 Å². The Morgan fingerprint density at radius 1 is 1.27 bits per heavy atom. The van der Waals surface area contributed by atoms with Crippen LogP contribution in [0.2, 0.25) is 0 Å². The van der Waals surface area contributed by atoms with Gasteiger partial charge in [-0.1, -0.05) is 25.5 Å². The summed E-state index contributed by atoms with van der Waals surface area (Å²) >= 11 is 0. The molecule has 0 unspecified atom stereocenters. The Bertz CT molecular complexity index is 306. The first-order chi connectivity index (χ1) is 7.22. The molecule has 0 fully saturated rings. The molecule has 0 aliphatic heterocycles. The molecule has 4 heteroatoms. The van der Waals surface area contributed by atoms with E-state index in [-0.39, 0.29) is 0 Å². The number of hydroxylamine groups is 1. The fourth-order valence-electron chi connectivity index (χ4n) is 1.23. The number of hydrogen-bond acceptors (Lipinski definition) is 3. The van der Waals surface area contributed by atoms with Crippen molar-refractivity contribution in [3.63, 3.8) is 0 Å². The van der Waals surface area contributed by atoms with Crippen LogP contribution in [0.15, 0.2) is 34.6 Å². The zero-order chi connectivity index (χ0) is 11.1. The first-order valence-electron chi connectivity index (χ1n) is 5.15. The van der Waals surface area contributed by atoms with E-state index in [1.54, 1.807) is 0 Å². The van der Waals surface area contributed by atoms with Crippen LogP contribution in [0.25, 0.3) is 0 Å². The zero-order valence-electron chi connectivity index (χ0n) is 9.22. The van der Waals surface area contributed by atoms with Gasteiger partial charge in [0.1, 0.15) is 0 Å². The van der Waals surface area contributed by atoms with E-state index in [0.717, 1.165) is 12.1 Å². The number of rotatable bonds is 5. The highest BCUT2D eigenvalue weighted by atomic mass is 16.5. The van der Waals surface area contributed by atoms with Crippen molar-refractivity contribution in [3.05, 3.63) is 29.8 Å². The molecule has 0 aromatic heterocycles. The van der Waals surface area contributed by atoms with Crippen molar-refractivity contribution in [3.8, 4) is 0 Å². The molecule has 0 bridgehead atoms. The third-order valence-electron chi connectivity index (χ3n) is 2.04. The van der Waals surface area contributed by atoms with E-state index in [1.165, 1.54) is 25.5 Å². The SMILES string of the molecule is CCCCc1ccc(/N=N\N(C)O)cc1. The van der Waals surface area contributed by atoms with Crippen molar-refractivity contribution < 1.29 is 5.21 Å². The van der Waals surface area contributed by atoms with Crippen LogP contribution in [-0.2, 0) is 6.42 Å². The second-order valence-corrected chi connectivity index (χ2v) is 3.45. The van der Waals surface area contributed by atoms with E-state index in [2.05, 4.69) is 17.3 Å². The molecule has 82 valence electrons. The number of hydrogen-bond donors (Lipinski definition) is 1. The maximum absolute atomic E-state index is 8.76. The molecule has 0 aliphatic rings. The molecule has 0 aliphatic carbocycles. The van der Waals surface area contributed by atoms with Crippen LogP contribution in [-0.4, -0.2) is 17.4 Å². The molecule has 1 aromatic rings. The fourth-order valence-corrected chi connectivity index (χ4v) is 1.23. The van der Waals surface area contributed by atoms with Crippen molar-refractivity contribution in [2.75, 3.05) is 7.05 Å². The highest BCUT2D eigenvalue weighted by Gasteiger charge is 1.93. The predicted octanol–water partition coefficient (Wildman–Crippen LogP) is 3.35. The summed E-state index contributed by atoms with van der Waals surface area (Å²) in [5.74, 6) is 0. The summed E-state index contributed by atoms with van der Waals surface area (Å²) in [6.07, 6.45) is 3.52. The molecule has 0 spiro atoms. The maximum Gasteiger partial charge on any atom is 0.0875 e. The standard InChI is InChI=1S/C11H17N3O/c1-3-4-5-10-6-8-11(9-7-10)12-13-14(2)15/h6-9,15H,3-5H2,1-2H3/b13-12-. The molecular formula is C11H17N3O. The highest BCUT2D eigenvalue weighted by Crippen LogP contribution is 2.14. The number of nitrogens with zero attached hydrogens (tertiary/aromatic N) is 3. The van der Waals surface area contributed by atoms with Crippen molar-refractivity contribution >= 4 is 5.69 Å². The molecule has 1 rings (SSSR count). The summed E-state index contributed by atoms with van der Waals surface area (Å²) in [5, 5.41) is 16.8. The lowest BCUT2D eigenvalue weighted by atomic mass is 10.1. The van der Waals surface area contributed by atoms with Crippen molar-refractivity contribution in [2.45, 2.75) is 26.2 Å². The fraction of sp³-hybridized carbons (Fsp3) is 0.455. The van der Waals surface area contributed by atoms with Gasteiger partial charge in [-0.05, 0) is 35.8 Å². The normalized spacial score (nSPS) is 10.9. The van der Waals surface area contributed by atoms with Crippen LogP contribution in [0.1, 0.15) is 25.3 Å². The molecule has 1 aromatic carbocycles. The van der Waals surface area contributed by atoms with E-state index in [9.17, 15) is 0 Å². The molecule has 1 N–H and O–H groups in total. The summed E-state index contributed by atoms with van der Waals surface area (Å²) < 4.78 is 0. The number of benzene rings is 1. The summed E-state index contributed by atoms with van der Waals surface area (Å²) in [5.41, 5.74) is 2.06. The molecule has 15 heavy (non-hydrogen) atoms. The first kappa shape index (κ1) is 11.7. The van der Waals surface area contributed by atoms with E-state index >= 15 is 0 Å². The third kappa shape index (κ3) is 4.56. The van der Waals surface area contributed by atoms with Crippen LogP contribution in [0.4, 0.5) is 5.69 Å². The quantitative estimate of drug-likeness (QED) is 0.594. The van der Waals surface area contributed by atoms with Crippen molar-refractivity contribution in [1.29, 1.82) is 0 Å². The Labute approximate surface area is 90.2 Å². The Balaban J connectivity index is 2.56. The molecule has 0 saturated heterocycles. The second kappa shape index (κ2) is 6.14. The van der Waals surface area contributed by atoms with Crippen molar-refractivity contribution in [2.24, 2.45) is 10.3 Å². The topological polar surface area (TPSA) is 48.2 Å². The molecule has 4 nitrogen and oxygen atoms in total. The minimum atomic E-state index is 0.686. The first-order valence-corrected chi connectivity index (χ1v) is 5.15. The van der Waals surface area contributed by atoms with Gasteiger partial charge in [-0.2, -0.15) is 5.17 Å². The van der Waals surface area contributed by atoms with Gasteiger partial charge in [0.15, 0.2) is 0 Å². The third-order valence-corrected chi connectivity index (χ3v) is 2.04. The molecule has 0 radical (unpaired) electrons. The minimum Gasteiger partial charge on any atom is -0.271 e. The van der Waals surface area contributed by atoms with Gasteiger partial charge in [0.25, 0.3) is 0 Å². The van der Waals surface area contributed by atoms with Gasteiger partial charge in [0.05, 0.1) is 12.7 Å². The minimum absolute atomic E-state index is 0.686. The van der Waals surface area contributed by atoms with Crippen LogP contribution < -0.4 is 0 Å². The molecule has 0 heterocycles. The Kier molecular flexibility index (Phi) is 4.77. The van der Waals surface area contributed by atoms with Crippen LogP contribution >= 0.6 is 0 Å². The van der Waals surface area contributed by atoms with Gasteiger partial charge in [-0.25, -0.2) is 0 Å². The van der Waals surface area contributed by atoms with Crippen LogP contribution in [0.5, 0.6) is 0 Å². The maximum atomic E-state index is 8.76. The van der Waals surface area contributed by atoms with Crippen LogP contribution in [0, 0.1) is 0 Å². The lowest BCUT2D eigenvalue weighted by Crippen LogP contribution is -2.00. The average Bonchev–Trinajstić information content (AvgIpc) is 2.25. The van der Waals surface area contributed by atoms with Gasteiger partial charge in [-0.15, -0.1) is 5.11 Å². The molecular weight excluding hydrogens is 190 g/mol. The van der Waals surface area contributed by atoms with Gasteiger partial charge < -0.3 is 0 Å². The number of unbranched alkanes of at least 4 members (excludes halogenated alkanes) is 1. The average molecular weight is 207 g/mol. The Hall–Kier alpha value is -1.42. The number of aryl methyl sites for hydroxylation is 1. The van der Waals surface area contributed by atoms with Crippen molar-refractivity contribution in [1.82, 2.24) is 5.17 Å². The lowest BCUT2D eigenvalue weighted by molar-refractivity contribution is -0.0707. The Morgan fingerprint density at radius 3 is 2.47 bits per heavy atom. The zero-order valence-corrected chi connectivity index (χ0v) is 9.22. The highest BCUT2D eigenvalue weighted by molar-refractivity contribution is 5.38. The molecule has 0 amide bonds. The Morgan fingerprint density at radius 2 is 1.93 bits per heavy atom. The smallest absolute Gasteiger partial charge is 0.0875 e. The van der Waals surface area contributed by atoms with Crippen LogP contribution in [0.3, 0.4) is 0 Å². The van der Waals surface area contributed by atoms with Gasteiger partial charge in [-0.3, -0.25) is 5.21 Å². The predicted molar refractivity (Wildman–Crippen MR) is 59.1 cm³/mol. The largest absolute Gasteiger partial charge is 0.271 e. The van der Waals surface area contributed by atoms with E-state index < -0.39 is 0 Å². The van der Waals surface area contributed by atoms with E-state index in [4.69, 9.17) is 5.21 Å². The van der Waals surface area contributed by atoms with Gasteiger partial charge >= 0.3 is 0 Å². The van der Waals surface area contributed by atoms with Gasteiger partial charge in [0, 0.05) is 0 Å².